The van der Waals surface area contributed by atoms with E-state index in [4.69, 9.17) is 11.5 Å². The van der Waals surface area contributed by atoms with Crippen molar-refractivity contribution in [1.29, 1.82) is 0 Å². The zero-order valence-electron chi connectivity index (χ0n) is 11.6. The number of aliphatic imine (C=N–C) groups is 2. The Labute approximate surface area is 128 Å². The van der Waals surface area contributed by atoms with Gasteiger partial charge in [-0.1, -0.05) is 6.42 Å². The van der Waals surface area contributed by atoms with Crippen LogP contribution < -0.4 is 16.4 Å². The number of nitrogens with zero attached hydrogens (tertiary/aromatic N) is 3. The molecule has 0 unspecified atom stereocenters. The molecule has 1 fully saturated rings. The SMILES string of the molecule is NC1=NC2(CCCCC2)N(c2ccc(S)cc2F)C(N)=N1. The molecule has 1 aliphatic heterocycles. The van der Waals surface area contributed by atoms with Crippen LogP contribution in [-0.2, 0) is 0 Å². The predicted octanol–water partition coefficient (Wildman–Crippen LogP) is 2.22. The Bertz CT molecular complexity index is 622. The summed E-state index contributed by atoms with van der Waals surface area (Å²) in [6.07, 6.45) is 4.72. The number of thiol groups is 1. The minimum absolute atomic E-state index is 0.164. The molecule has 1 aromatic carbocycles. The van der Waals surface area contributed by atoms with Crippen LogP contribution in [0.5, 0.6) is 0 Å². The predicted molar refractivity (Wildman–Crippen MR) is 85.2 cm³/mol. The van der Waals surface area contributed by atoms with Crippen LogP contribution in [0.1, 0.15) is 32.1 Å². The van der Waals surface area contributed by atoms with Gasteiger partial charge in [0.2, 0.25) is 11.9 Å². The van der Waals surface area contributed by atoms with Crippen molar-refractivity contribution in [2.45, 2.75) is 42.7 Å². The first kappa shape index (κ1) is 14.2. The standard InChI is InChI=1S/C14H18FN5S/c15-10-8-9(21)4-5-11(10)20-13(17)18-12(16)19-14(20)6-2-1-3-7-14/h4-5,8,21H,1-3,6-7H2,(H4,16,17,18,19). The largest absolute Gasteiger partial charge is 0.369 e. The third-order valence-electron chi connectivity index (χ3n) is 4.02. The van der Waals surface area contributed by atoms with Gasteiger partial charge in [0.15, 0.2) is 0 Å². The third kappa shape index (κ3) is 2.46. The normalized spacial score (nSPS) is 21.1. The maximum atomic E-state index is 14.4. The molecular weight excluding hydrogens is 289 g/mol. The Morgan fingerprint density at radius 2 is 1.90 bits per heavy atom. The van der Waals surface area contributed by atoms with E-state index in [1.807, 2.05) is 0 Å². The molecule has 21 heavy (non-hydrogen) atoms. The third-order valence-corrected chi connectivity index (χ3v) is 4.30. The highest BCUT2D eigenvalue weighted by Gasteiger charge is 2.43. The van der Waals surface area contributed by atoms with Crippen molar-refractivity contribution >= 4 is 30.2 Å². The van der Waals surface area contributed by atoms with Crippen molar-refractivity contribution in [2.75, 3.05) is 4.90 Å². The molecule has 1 heterocycles. The summed E-state index contributed by atoms with van der Waals surface area (Å²) in [5.74, 6) is -0.0339. The van der Waals surface area contributed by atoms with Gasteiger partial charge in [-0.3, -0.25) is 4.90 Å². The van der Waals surface area contributed by atoms with Gasteiger partial charge in [0.1, 0.15) is 11.5 Å². The van der Waals surface area contributed by atoms with Crippen molar-refractivity contribution in [3.63, 3.8) is 0 Å². The molecular formula is C14H18FN5S. The number of nitrogens with two attached hydrogens (primary N) is 2. The van der Waals surface area contributed by atoms with Gasteiger partial charge in [-0.2, -0.15) is 4.99 Å². The quantitative estimate of drug-likeness (QED) is 0.696. The number of rotatable bonds is 1. The van der Waals surface area contributed by atoms with Gasteiger partial charge in [-0.25, -0.2) is 9.38 Å². The molecule has 112 valence electrons. The Morgan fingerprint density at radius 1 is 1.19 bits per heavy atom. The maximum absolute atomic E-state index is 14.4. The summed E-state index contributed by atoms with van der Waals surface area (Å²) < 4.78 is 14.4. The fourth-order valence-electron chi connectivity index (χ4n) is 3.15. The first-order chi connectivity index (χ1) is 10.0. The lowest BCUT2D eigenvalue weighted by molar-refractivity contribution is 0.304. The smallest absolute Gasteiger partial charge is 0.220 e. The van der Waals surface area contributed by atoms with Crippen LogP contribution >= 0.6 is 12.6 Å². The van der Waals surface area contributed by atoms with E-state index < -0.39 is 5.66 Å². The topological polar surface area (TPSA) is 80.0 Å². The molecule has 0 bridgehead atoms. The van der Waals surface area contributed by atoms with Crippen molar-refractivity contribution in [1.82, 2.24) is 0 Å². The van der Waals surface area contributed by atoms with Gasteiger partial charge < -0.3 is 11.5 Å². The van der Waals surface area contributed by atoms with Crippen LogP contribution in [0.15, 0.2) is 33.1 Å². The molecule has 0 aromatic heterocycles. The van der Waals surface area contributed by atoms with E-state index in [-0.39, 0.29) is 17.7 Å². The van der Waals surface area contributed by atoms with E-state index in [9.17, 15) is 4.39 Å². The second-order valence-electron chi connectivity index (χ2n) is 5.45. The highest BCUT2D eigenvalue weighted by Crippen LogP contribution is 2.40. The van der Waals surface area contributed by atoms with Gasteiger partial charge >= 0.3 is 0 Å². The minimum atomic E-state index is -0.618. The van der Waals surface area contributed by atoms with Crippen molar-refractivity contribution in [3.05, 3.63) is 24.0 Å². The Hall–Kier alpha value is -1.76. The minimum Gasteiger partial charge on any atom is -0.369 e. The number of anilines is 1. The summed E-state index contributed by atoms with van der Waals surface area (Å²) in [6, 6.07) is 4.75. The van der Waals surface area contributed by atoms with E-state index in [2.05, 4.69) is 22.6 Å². The van der Waals surface area contributed by atoms with Crippen LogP contribution in [0.4, 0.5) is 10.1 Å². The van der Waals surface area contributed by atoms with Crippen LogP contribution in [0.3, 0.4) is 0 Å². The molecule has 1 spiro atoms. The van der Waals surface area contributed by atoms with Crippen LogP contribution in [0, 0.1) is 5.82 Å². The first-order valence-corrected chi connectivity index (χ1v) is 7.45. The molecule has 0 atom stereocenters. The fraction of sp³-hybridized carbons (Fsp3) is 0.429. The van der Waals surface area contributed by atoms with E-state index in [1.54, 1.807) is 17.0 Å². The van der Waals surface area contributed by atoms with Gasteiger partial charge in [0.05, 0.1) is 5.69 Å². The molecule has 7 heteroatoms. The van der Waals surface area contributed by atoms with Crippen LogP contribution in [-0.4, -0.2) is 17.6 Å². The molecule has 3 rings (SSSR count). The lowest BCUT2D eigenvalue weighted by Crippen LogP contribution is -2.58. The van der Waals surface area contributed by atoms with Crippen LogP contribution in [0.25, 0.3) is 0 Å². The Morgan fingerprint density at radius 3 is 2.57 bits per heavy atom. The molecule has 5 nitrogen and oxygen atoms in total. The average Bonchev–Trinajstić information content (AvgIpc) is 2.41. The molecule has 2 aliphatic rings. The molecule has 1 aromatic rings. The summed E-state index contributed by atoms with van der Waals surface area (Å²) in [5.41, 5.74) is 11.6. The molecule has 1 aliphatic carbocycles. The van der Waals surface area contributed by atoms with Gasteiger partial charge in [-0.05, 0) is 43.9 Å². The maximum Gasteiger partial charge on any atom is 0.220 e. The van der Waals surface area contributed by atoms with Crippen molar-refractivity contribution in [2.24, 2.45) is 21.5 Å². The lowest BCUT2D eigenvalue weighted by atomic mass is 9.87. The second kappa shape index (κ2) is 5.22. The van der Waals surface area contributed by atoms with Gasteiger partial charge in [-0.15, -0.1) is 12.6 Å². The lowest BCUT2D eigenvalue weighted by Gasteiger charge is -2.45. The zero-order chi connectivity index (χ0) is 15.0. The van der Waals surface area contributed by atoms with E-state index in [0.29, 0.717) is 10.6 Å². The van der Waals surface area contributed by atoms with Crippen molar-refractivity contribution < 1.29 is 4.39 Å². The number of hydrogen-bond donors (Lipinski definition) is 3. The fourth-order valence-corrected chi connectivity index (χ4v) is 3.33. The molecule has 4 N–H and O–H groups in total. The van der Waals surface area contributed by atoms with E-state index in [0.717, 1.165) is 32.1 Å². The molecule has 1 saturated carbocycles. The highest BCUT2D eigenvalue weighted by atomic mass is 32.1. The summed E-state index contributed by atoms with van der Waals surface area (Å²) in [5, 5.41) is 0. The first-order valence-electron chi connectivity index (χ1n) is 7.00. The number of halogens is 1. The molecule has 0 saturated heterocycles. The Kier molecular flexibility index (Phi) is 3.52. The second-order valence-corrected chi connectivity index (χ2v) is 5.97. The van der Waals surface area contributed by atoms with Gasteiger partial charge in [0, 0.05) is 4.90 Å². The monoisotopic (exact) mass is 307 g/mol. The zero-order valence-corrected chi connectivity index (χ0v) is 12.5. The van der Waals surface area contributed by atoms with Crippen molar-refractivity contribution in [3.8, 4) is 0 Å². The number of hydrogen-bond acceptors (Lipinski definition) is 6. The summed E-state index contributed by atoms with van der Waals surface area (Å²) in [4.78, 5) is 10.8. The molecule has 0 amide bonds. The summed E-state index contributed by atoms with van der Waals surface area (Å²) >= 11 is 4.15. The van der Waals surface area contributed by atoms with E-state index in [1.165, 1.54) is 6.07 Å². The molecule has 0 radical (unpaired) electrons. The van der Waals surface area contributed by atoms with Gasteiger partial charge in [0.25, 0.3) is 0 Å². The van der Waals surface area contributed by atoms with Crippen LogP contribution in [0.2, 0.25) is 0 Å². The van der Waals surface area contributed by atoms with E-state index >= 15 is 0 Å². The summed E-state index contributed by atoms with van der Waals surface area (Å²) in [7, 11) is 0. The highest BCUT2D eigenvalue weighted by molar-refractivity contribution is 7.80. The number of guanidine groups is 2. The number of benzene rings is 1. The average molecular weight is 307 g/mol. The Balaban J connectivity index is 2.10. The summed E-state index contributed by atoms with van der Waals surface area (Å²) in [6.45, 7) is 0.